The summed E-state index contributed by atoms with van der Waals surface area (Å²) >= 11 is 0. The second kappa shape index (κ2) is 6.56. The SMILES string of the molecule is Nc1cccc(NC(=O)CCCn2ccc(=O)[nH]c2=O)c1. The van der Waals surface area contributed by atoms with Crippen LogP contribution in [0.25, 0.3) is 0 Å². The van der Waals surface area contributed by atoms with Crippen LogP contribution in [0.1, 0.15) is 12.8 Å². The summed E-state index contributed by atoms with van der Waals surface area (Å²) in [6, 6.07) is 8.18. The lowest BCUT2D eigenvalue weighted by Gasteiger charge is -2.07. The lowest BCUT2D eigenvalue weighted by atomic mass is 10.2. The zero-order valence-corrected chi connectivity index (χ0v) is 11.3. The number of hydrogen-bond donors (Lipinski definition) is 3. The third-order valence-electron chi connectivity index (χ3n) is 2.87. The molecule has 0 radical (unpaired) electrons. The van der Waals surface area contributed by atoms with Crippen molar-refractivity contribution in [3.63, 3.8) is 0 Å². The number of H-pyrrole nitrogens is 1. The summed E-state index contributed by atoms with van der Waals surface area (Å²) in [5.41, 5.74) is 5.93. The number of carbonyl (C=O) groups excluding carboxylic acids is 1. The van der Waals surface area contributed by atoms with Gasteiger partial charge in [0.15, 0.2) is 0 Å². The molecule has 4 N–H and O–H groups in total. The van der Waals surface area contributed by atoms with Gasteiger partial charge in [-0.05, 0) is 24.6 Å². The molecule has 0 aliphatic heterocycles. The second-order valence-corrected chi connectivity index (χ2v) is 4.58. The lowest BCUT2D eigenvalue weighted by Crippen LogP contribution is -2.28. The highest BCUT2D eigenvalue weighted by molar-refractivity contribution is 5.91. The third-order valence-corrected chi connectivity index (χ3v) is 2.87. The molecule has 0 atom stereocenters. The van der Waals surface area contributed by atoms with Gasteiger partial charge in [-0.1, -0.05) is 6.07 Å². The molecule has 0 saturated carbocycles. The zero-order valence-electron chi connectivity index (χ0n) is 11.3. The van der Waals surface area contributed by atoms with Gasteiger partial charge in [0, 0.05) is 36.6 Å². The number of amides is 1. The number of anilines is 2. The summed E-state index contributed by atoms with van der Waals surface area (Å²) in [5, 5.41) is 2.73. The van der Waals surface area contributed by atoms with Crippen LogP contribution in [0.3, 0.4) is 0 Å². The molecule has 21 heavy (non-hydrogen) atoms. The Labute approximate surface area is 120 Å². The first-order chi connectivity index (χ1) is 10.0. The molecule has 2 aromatic rings. The van der Waals surface area contributed by atoms with Gasteiger partial charge in [-0.15, -0.1) is 0 Å². The lowest BCUT2D eigenvalue weighted by molar-refractivity contribution is -0.116. The monoisotopic (exact) mass is 288 g/mol. The van der Waals surface area contributed by atoms with Gasteiger partial charge in [-0.3, -0.25) is 14.6 Å². The van der Waals surface area contributed by atoms with Crippen LogP contribution in [0.2, 0.25) is 0 Å². The molecule has 1 aromatic heterocycles. The predicted molar refractivity (Wildman–Crippen MR) is 80.0 cm³/mol. The summed E-state index contributed by atoms with van der Waals surface area (Å²) in [6.45, 7) is 0.361. The number of hydrogen-bond acceptors (Lipinski definition) is 4. The number of nitrogens with one attached hydrogen (secondary N) is 2. The van der Waals surface area contributed by atoms with Crippen molar-refractivity contribution in [1.82, 2.24) is 9.55 Å². The van der Waals surface area contributed by atoms with E-state index in [2.05, 4.69) is 10.3 Å². The summed E-state index contributed by atoms with van der Waals surface area (Å²) < 4.78 is 1.36. The third kappa shape index (κ3) is 4.34. The Morgan fingerprint density at radius 3 is 2.81 bits per heavy atom. The fourth-order valence-corrected chi connectivity index (χ4v) is 1.87. The number of aromatic amines is 1. The minimum atomic E-state index is -0.473. The molecule has 0 aliphatic carbocycles. The molecule has 2 rings (SSSR count). The van der Waals surface area contributed by atoms with Crippen LogP contribution in [-0.2, 0) is 11.3 Å². The molecule has 0 unspecified atom stereocenters. The number of aryl methyl sites for hydroxylation is 1. The van der Waals surface area contributed by atoms with E-state index in [1.807, 2.05) is 0 Å². The minimum absolute atomic E-state index is 0.155. The van der Waals surface area contributed by atoms with Crippen LogP contribution in [0.5, 0.6) is 0 Å². The molecule has 7 nitrogen and oxygen atoms in total. The number of nitrogens with zero attached hydrogens (tertiary/aromatic N) is 1. The Kier molecular flexibility index (Phi) is 4.55. The van der Waals surface area contributed by atoms with Crippen molar-refractivity contribution < 1.29 is 4.79 Å². The molecule has 0 bridgehead atoms. The number of carbonyl (C=O) groups is 1. The van der Waals surface area contributed by atoms with Crippen molar-refractivity contribution in [1.29, 1.82) is 0 Å². The molecule has 0 saturated heterocycles. The Morgan fingerprint density at radius 2 is 2.10 bits per heavy atom. The van der Waals surface area contributed by atoms with E-state index in [0.29, 0.717) is 24.3 Å². The van der Waals surface area contributed by atoms with Gasteiger partial charge in [0.05, 0.1) is 0 Å². The Balaban J connectivity index is 1.84. The van der Waals surface area contributed by atoms with Crippen molar-refractivity contribution in [3.8, 4) is 0 Å². The first-order valence-electron chi connectivity index (χ1n) is 6.50. The number of benzene rings is 1. The van der Waals surface area contributed by atoms with E-state index < -0.39 is 11.2 Å². The van der Waals surface area contributed by atoms with Crippen LogP contribution in [0.15, 0.2) is 46.1 Å². The van der Waals surface area contributed by atoms with E-state index in [1.54, 1.807) is 24.3 Å². The van der Waals surface area contributed by atoms with Crippen LogP contribution in [0.4, 0.5) is 11.4 Å². The smallest absolute Gasteiger partial charge is 0.328 e. The van der Waals surface area contributed by atoms with Crippen molar-refractivity contribution in [2.24, 2.45) is 0 Å². The molecule has 1 aromatic carbocycles. The average molecular weight is 288 g/mol. The van der Waals surface area contributed by atoms with Gasteiger partial charge in [0.1, 0.15) is 0 Å². The molecule has 0 spiro atoms. The van der Waals surface area contributed by atoms with Gasteiger partial charge < -0.3 is 15.6 Å². The highest BCUT2D eigenvalue weighted by atomic mass is 16.2. The van der Waals surface area contributed by atoms with E-state index in [4.69, 9.17) is 5.73 Å². The normalized spacial score (nSPS) is 10.3. The molecule has 0 aliphatic rings. The van der Waals surface area contributed by atoms with E-state index in [0.717, 1.165) is 0 Å². The van der Waals surface area contributed by atoms with E-state index in [1.165, 1.54) is 16.8 Å². The van der Waals surface area contributed by atoms with Crippen molar-refractivity contribution in [2.75, 3.05) is 11.1 Å². The second-order valence-electron chi connectivity index (χ2n) is 4.58. The summed E-state index contributed by atoms with van der Waals surface area (Å²) in [5.74, 6) is -0.155. The topological polar surface area (TPSA) is 110 Å². The first kappa shape index (κ1) is 14.6. The highest BCUT2D eigenvalue weighted by Gasteiger charge is 2.03. The maximum absolute atomic E-state index is 11.8. The van der Waals surface area contributed by atoms with Crippen molar-refractivity contribution in [2.45, 2.75) is 19.4 Å². The largest absolute Gasteiger partial charge is 0.399 e. The van der Waals surface area contributed by atoms with Gasteiger partial charge in [-0.2, -0.15) is 0 Å². The molecule has 1 amide bonds. The van der Waals surface area contributed by atoms with Gasteiger partial charge >= 0.3 is 5.69 Å². The molecule has 1 heterocycles. The van der Waals surface area contributed by atoms with Gasteiger partial charge in [-0.25, -0.2) is 4.79 Å². The average Bonchev–Trinajstić information content (AvgIpc) is 2.41. The highest BCUT2D eigenvalue weighted by Crippen LogP contribution is 2.12. The first-order valence-corrected chi connectivity index (χ1v) is 6.50. The zero-order chi connectivity index (χ0) is 15.2. The molecule has 7 heteroatoms. The summed E-state index contributed by atoms with van der Waals surface area (Å²) in [7, 11) is 0. The molecule has 0 fully saturated rings. The Morgan fingerprint density at radius 1 is 1.29 bits per heavy atom. The summed E-state index contributed by atoms with van der Waals surface area (Å²) in [6.07, 6.45) is 2.16. The molecule has 110 valence electrons. The number of rotatable bonds is 5. The fraction of sp³-hybridized carbons (Fsp3) is 0.214. The van der Waals surface area contributed by atoms with E-state index in [-0.39, 0.29) is 12.3 Å². The van der Waals surface area contributed by atoms with E-state index in [9.17, 15) is 14.4 Å². The van der Waals surface area contributed by atoms with Crippen LogP contribution >= 0.6 is 0 Å². The number of nitrogens with two attached hydrogens (primary N) is 1. The van der Waals surface area contributed by atoms with Crippen LogP contribution in [0, 0.1) is 0 Å². The number of aromatic nitrogens is 2. The fourth-order valence-electron chi connectivity index (χ4n) is 1.87. The number of nitrogen functional groups attached to an aromatic ring is 1. The predicted octanol–water partition coefficient (Wildman–Crippen LogP) is 0.538. The van der Waals surface area contributed by atoms with Gasteiger partial charge in [0.25, 0.3) is 5.56 Å². The maximum Gasteiger partial charge on any atom is 0.328 e. The van der Waals surface area contributed by atoms with E-state index >= 15 is 0 Å². The van der Waals surface area contributed by atoms with Crippen LogP contribution in [-0.4, -0.2) is 15.5 Å². The Hall–Kier alpha value is -2.83. The standard InChI is InChI=1S/C14H16N4O3/c15-10-3-1-4-11(9-10)16-12(19)5-2-7-18-8-6-13(20)17-14(18)21/h1,3-4,6,8-9H,2,5,7,15H2,(H,16,19)(H,17,20,21). The maximum atomic E-state index is 11.8. The molecular weight excluding hydrogens is 272 g/mol. The van der Waals surface area contributed by atoms with Crippen molar-refractivity contribution >= 4 is 17.3 Å². The van der Waals surface area contributed by atoms with Gasteiger partial charge in [0.2, 0.25) is 5.91 Å². The minimum Gasteiger partial charge on any atom is -0.399 e. The Bertz CT molecular complexity index is 748. The molecular formula is C14H16N4O3. The quantitative estimate of drug-likeness (QED) is 0.697. The van der Waals surface area contributed by atoms with Crippen LogP contribution < -0.4 is 22.3 Å². The summed E-state index contributed by atoms with van der Waals surface area (Å²) in [4.78, 5) is 36.3. The van der Waals surface area contributed by atoms with Crippen molar-refractivity contribution in [3.05, 3.63) is 57.4 Å².